The van der Waals surface area contributed by atoms with E-state index < -0.39 is 6.10 Å². The molecule has 0 aromatic heterocycles. The number of hydrogen-bond acceptors (Lipinski definition) is 4. The molecular weight excluding hydrogens is 510 g/mol. The van der Waals surface area contributed by atoms with Crippen LogP contribution in [0.1, 0.15) is 148 Å². The number of primary amides is 1. The molecule has 0 radical (unpaired) electrons. The van der Waals surface area contributed by atoms with Gasteiger partial charge in [0.1, 0.15) is 6.54 Å². The standard InChI is InChI=1S/C36H65NO4/c1-2-3-4-5-6-7-8-9-10-11-12-13-14-15-16-17-18-19-20-21-23-27-34(39)28-24-22-25-29-35(40)30-26-31-36(41)37-32-33-38/h8-9,12-13,18-19,22,24,34-35,38-40H,2-7,10-11,14-17,20-21,23,25-33H2,1H3,(H,37,41)/p+1/b9-8+,13-12+,19-18+,24-22+. The van der Waals surface area contributed by atoms with E-state index >= 15 is 0 Å². The molecule has 0 aromatic rings. The van der Waals surface area contributed by atoms with Crippen molar-refractivity contribution in [2.45, 2.75) is 160 Å². The van der Waals surface area contributed by atoms with Crippen molar-refractivity contribution in [3.05, 3.63) is 48.6 Å². The number of hydrogen-bond donors (Lipinski definition) is 4. The number of amides is 1. The summed E-state index contributed by atoms with van der Waals surface area (Å²) in [5.74, 6) is 0.0443. The van der Waals surface area contributed by atoms with Crippen LogP contribution in [0.25, 0.3) is 0 Å². The normalized spacial score (nSPS) is 13.9. The maximum atomic E-state index is 11.5. The summed E-state index contributed by atoms with van der Waals surface area (Å²) < 4.78 is 0. The number of nitrogens with two attached hydrogens (primary N) is 1. The number of unbranched alkanes of at least 4 members (excludes halogenated alkanes) is 11. The van der Waals surface area contributed by atoms with Crippen molar-refractivity contribution < 1.29 is 25.4 Å². The maximum absolute atomic E-state index is 11.5. The molecule has 0 fully saturated rings. The molecule has 0 bridgehead atoms. The summed E-state index contributed by atoms with van der Waals surface area (Å²) in [7, 11) is 0. The van der Waals surface area contributed by atoms with Crippen molar-refractivity contribution in [1.82, 2.24) is 0 Å². The summed E-state index contributed by atoms with van der Waals surface area (Å²) in [5, 5.41) is 30.4. The van der Waals surface area contributed by atoms with Gasteiger partial charge in [-0.25, -0.2) is 4.79 Å². The molecule has 0 heterocycles. The van der Waals surface area contributed by atoms with Crippen LogP contribution in [0.5, 0.6) is 0 Å². The van der Waals surface area contributed by atoms with Crippen molar-refractivity contribution in [2.75, 3.05) is 13.2 Å². The van der Waals surface area contributed by atoms with Crippen LogP contribution in [0, 0.1) is 0 Å². The van der Waals surface area contributed by atoms with Gasteiger partial charge in [0.15, 0.2) is 0 Å². The lowest BCUT2D eigenvalue weighted by Gasteiger charge is -2.08. The van der Waals surface area contributed by atoms with E-state index in [4.69, 9.17) is 5.11 Å². The summed E-state index contributed by atoms with van der Waals surface area (Å²) in [5.41, 5.74) is 0. The molecule has 5 heteroatoms. The molecule has 0 saturated heterocycles. The number of carbonyl (C=O) groups excluding carboxylic acids is 1. The minimum absolute atomic E-state index is 0.00363. The van der Waals surface area contributed by atoms with Gasteiger partial charge < -0.3 is 15.3 Å². The summed E-state index contributed by atoms with van der Waals surface area (Å²) >= 11 is 0. The van der Waals surface area contributed by atoms with Crippen molar-refractivity contribution in [1.29, 1.82) is 0 Å². The Labute approximate surface area is 253 Å². The average Bonchev–Trinajstić information content (AvgIpc) is 2.96. The molecule has 238 valence electrons. The smallest absolute Gasteiger partial charge is 0.310 e. The van der Waals surface area contributed by atoms with Gasteiger partial charge in [0, 0.05) is 0 Å². The molecule has 0 rings (SSSR count). The average molecular weight is 577 g/mol. The summed E-state index contributed by atoms with van der Waals surface area (Å²) in [6, 6.07) is 0. The van der Waals surface area contributed by atoms with Crippen LogP contribution < -0.4 is 5.32 Å². The van der Waals surface area contributed by atoms with Gasteiger partial charge in [-0.2, -0.15) is 0 Å². The highest BCUT2D eigenvalue weighted by molar-refractivity contribution is 5.65. The fourth-order valence-electron chi connectivity index (χ4n) is 4.69. The Morgan fingerprint density at radius 1 is 0.585 bits per heavy atom. The van der Waals surface area contributed by atoms with E-state index in [2.05, 4.69) is 43.4 Å². The lowest BCUT2D eigenvalue weighted by atomic mass is 10.1. The highest BCUT2D eigenvalue weighted by atomic mass is 16.3. The molecule has 2 unspecified atom stereocenters. The Morgan fingerprint density at radius 2 is 1.10 bits per heavy atom. The summed E-state index contributed by atoms with van der Waals surface area (Å²) in [6.45, 7) is 2.68. The van der Waals surface area contributed by atoms with Crippen LogP contribution >= 0.6 is 0 Å². The Morgan fingerprint density at radius 3 is 1.71 bits per heavy atom. The van der Waals surface area contributed by atoms with E-state index in [9.17, 15) is 15.0 Å². The highest BCUT2D eigenvalue weighted by Crippen LogP contribution is 2.11. The lowest BCUT2D eigenvalue weighted by molar-refractivity contribution is -0.570. The zero-order chi connectivity index (χ0) is 30.1. The van der Waals surface area contributed by atoms with Crippen LogP contribution in [0.3, 0.4) is 0 Å². The number of aliphatic hydroxyl groups is 3. The number of carbonyl (C=O) groups is 1. The topological polar surface area (TPSA) is 94.4 Å². The Balaban J connectivity index is 3.48. The van der Waals surface area contributed by atoms with E-state index in [1.807, 2.05) is 12.2 Å². The van der Waals surface area contributed by atoms with Crippen LogP contribution in [0.4, 0.5) is 0 Å². The molecule has 1 amide bonds. The molecule has 5 N–H and O–H groups in total. The first-order chi connectivity index (χ1) is 20.1. The molecule has 5 nitrogen and oxygen atoms in total. The maximum Gasteiger partial charge on any atom is 0.310 e. The summed E-state index contributed by atoms with van der Waals surface area (Å²) in [6.07, 6.45) is 40.7. The van der Waals surface area contributed by atoms with Gasteiger partial charge in [-0.1, -0.05) is 87.6 Å². The molecule has 0 aromatic carbocycles. The van der Waals surface area contributed by atoms with E-state index in [0.717, 1.165) is 38.5 Å². The van der Waals surface area contributed by atoms with E-state index in [1.165, 1.54) is 75.9 Å². The lowest BCUT2D eigenvalue weighted by Crippen LogP contribution is -2.88. The third-order valence-electron chi connectivity index (χ3n) is 7.33. The van der Waals surface area contributed by atoms with Crippen molar-refractivity contribution in [3.8, 4) is 0 Å². The van der Waals surface area contributed by atoms with Crippen LogP contribution in [0.2, 0.25) is 0 Å². The second-order valence-corrected chi connectivity index (χ2v) is 11.4. The monoisotopic (exact) mass is 576 g/mol. The van der Waals surface area contributed by atoms with Gasteiger partial charge in [-0.15, -0.1) is 0 Å². The second-order valence-electron chi connectivity index (χ2n) is 11.4. The summed E-state index contributed by atoms with van der Waals surface area (Å²) in [4.78, 5) is 11.5. The van der Waals surface area contributed by atoms with E-state index in [-0.39, 0.29) is 18.6 Å². The molecule has 2 atom stereocenters. The van der Waals surface area contributed by atoms with Crippen LogP contribution in [-0.2, 0) is 4.79 Å². The van der Waals surface area contributed by atoms with Crippen LogP contribution in [0.15, 0.2) is 48.6 Å². The largest absolute Gasteiger partial charge is 0.393 e. The second kappa shape index (κ2) is 33.0. The molecule has 0 spiro atoms. The van der Waals surface area contributed by atoms with Gasteiger partial charge in [0.25, 0.3) is 0 Å². The van der Waals surface area contributed by atoms with Crippen molar-refractivity contribution in [2.24, 2.45) is 0 Å². The fourth-order valence-corrected chi connectivity index (χ4v) is 4.69. The van der Waals surface area contributed by atoms with Crippen LogP contribution in [-0.4, -0.2) is 46.6 Å². The van der Waals surface area contributed by atoms with E-state index in [1.54, 1.807) is 0 Å². The molecule has 0 saturated carbocycles. The van der Waals surface area contributed by atoms with Gasteiger partial charge >= 0.3 is 5.91 Å². The van der Waals surface area contributed by atoms with Gasteiger partial charge in [-0.3, -0.25) is 5.32 Å². The first kappa shape index (κ1) is 39.5. The Bertz CT molecular complexity index is 670. The predicted octanol–water partition coefficient (Wildman–Crippen LogP) is 7.62. The number of rotatable bonds is 30. The van der Waals surface area contributed by atoms with E-state index in [0.29, 0.717) is 38.6 Å². The number of aliphatic hydroxyl groups excluding tert-OH is 3. The third kappa shape index (κ3) is 32.8. The van der Waals surface area contributed by atoms with Crippen molar-refractivity contribution >= 4 is 5.91 Å². The van der Waals surface area contributed by atoms with Crippen molar-refractivity contribution in [3.63, 3.8) is 0 Å². The zero-order valence-corrected chi connectivity index (χ0v) is 26.6. The minimum atomic E-state index is -0.391. The Hall–Kier alpha value is -1.53. The third-order valence-corrected chi connectivity index (χ3v) is 7.33. The first-order valence-corrected chi connectivity index (χ1v) is 17.0. The first-order valence-electron chi connectivity index (χ1n) is 17.0. The molecule has 0 aliphatic heterocycles. The molecule has 0 aliphatic carbocycles. The van der Waals surface area contributed by atoms with Gasteiger partial charge in [-0.05, 0) is 103 Å². The Kier molecular flexibility index (Phi) is 31.7. The molecule has 0 aliphatic rings. The van der Waals surface area contributed by atoms with Gasteiger partial charge in [0.05, 0.1) is 25.2 Å². The zero-order valence-electron chi connectivity index (χ0n) is 26.6. The SMILES string of the molecule is CCCCCCC/C=C/CC/C=C/CCCC/C=C/CCCCC(O)C/C=C/CCC(O)CCCC(=O)[NH2+]CCO. The predicted molar refractivity (Wildman–Crippen MR) is 175 cm³/mol. The minimum Gasteiger partial charge on any atom is -0.393 e. The quantitative estimate of drug-likeness (QED) is 0.0523. The highest BCUT2D eigenvalue weighted by Gasteiger charge is 2.08. The fraction of sp³-hybridized carbons (Fsp3) is 0.750. The number of allylic oxidation sites excluding steroid dienone is 7. The number of quaternary nitrogens is 1. The molecule has 41 heavy (non-hydrogen) atoms. The molecular formula is C36H66NO4+. The van der Waals surface area contributed by atoms with Gasteiger partial charge in [0.2, 0.25) is 0 Å².